The van der Waals surface area contributed by atoms with E-state index in [1.54, 1.807) is 0 Å². The molecule has 82 valence electrons. The number of aryl methyl sites for hydroxylation is 1. The minimum absolute atomic E-state index is 0.316. The number of hydrazone groups is 1. The molecule has 0 saturated carbocycles. The number of fused-ring (bicyclic) bond motifs is 1. The zero-order chi connectivity index (χ0) is 10.8. The van der Waals surface area contributed by atoms with Crippen molar-refractivity contribution in [2.75, 3.05) is 5.43 Å². The van der Waals surface area contributed by atoms with Crippen molar-refractivity contribution in [3.63, 3.8) is 0 Å². The van der Waals surface area contributed by atoms with E-state index in [4.69, 9.17) is 0 Å². The number of rotatable bonds is 2. The largest absolute Gasteiger partial charge is 0.283 e. The molecule has 0 amide bonds. The lowest BCUT2D eigenvalue weighted by molar-refractivity contribution is 0.303. The molecule has 0 unspecified atom stereocenters. The van der Waals surface area contributed by atoms with E-state index in [1.165, 1.54) is 0 Å². The molecule has 0 fully saturated rings. The summed E-state index contributed by atoms with van der Waals surface area (Å²) in [5.74, 6) is 0.316. The molecule has 0 bridgehead atoms. The van der Waals surface area contributed by atoms with Crippen molar-refractivity contribution in [2.24, 2.45) is 5.10 Å². The smallest absolute Gasteiger partial charge is 0.244 e. The first kappa shape index (κ1) is 8.95. The Morgan fingerprint density at radius 3 is 3.19 bits per heavy atom. The normalized spacial score (nSPS) is 17.4. The number of aromatic amines is 1. The molecule has 0 aliphatic heterocycles. The molecule has 3 rings (SSSR count). The summed E-state index contributed by atoms with van der Waals surface area (Å²) in [6.07, 6.45) is 2.68. The maximum Gasteiger partial charge on any atom is 0.283 e. The second-order valence-electron chi connectivity index (χ2n) is 3.32. The first-order valence-corrected chi connectivity index (χ1v) is 4.81. The average molecular weight is 220 g/mol. The third-order valence-corrected chi connectivity index (χ3v) is 2.29. The van der Waals surface area contributed by atoms with E-state index < -0.39 is 0 Å². The summed E-state index contributed by atoms with van der Waals surface area (Å²) < 4.78 is 4.68. The lowest BCUT2D eigenvalue weighted by Crippen LogP contribution is -2.13. The zero-order valence-electron chi connectivity index (χ0n) is 8.21. The highest BCUT2D eigenvalue weighted by atomic mass is 16.6. The summed E-state index contributed by atoms with van der Waals surface area (Å²) in [5.41, 5.74) is 5.04. The van der Waals surface area contributed by atoms with E-state index in [9.17, 15) is 0 Å². The van der Waals surface area contributed by atoms with Gasteiger partial charge in [0.05, 0.1) is 5.71 Å². The lowest BCUT2D eigenvalue weighted by Gasteiger charge is -2.08. The molecule has 2 aromatic rings. The van der Waals surface area contributed by atoms with Crippen molar-refractivity contribution < 1.29 is 4.63 Å². The molecule has 2 N–H and O–H groups in total. The van der Waals surface area contributed by atoms with Gasteiger partial charge in [0, 0.05) is 0 Å². The molecular weight excluding hydrogens is 212 g/mol. The molecule has 16 heavy (non-hydrogen) atoms. The van der Waals surface area contributed by atoms with E-state index in [1.807, 2.05) is 0 Å². The van der Waals surface area contributed by atoms with Crippen molar-refractivity contribution >= 4 is 11.7 Å². The Bertz CT molecular complexity index is 500. The van der Waals surface area contributed by atoms with Gasteiger partial charge in [-0.25, -0.2) is 10.1 Å². The minimum atomic E-state index is 0.316. The Morgan fingerprint density at radius 1 is 1.31 bits per heavy atom. The van der Waals surface area contributed by atoms with E-state index in [0.717, 1.165) is 30.7 Å². The Labute approximate surface area is 89.3 Å². The minimum Gasteiger partial charge on any atom is -0.244 e. The summed E-state index contributed by atoms with van der Waals surface area (Å²) in [4.78, 5) is 0. The van der Waals surface area contributed by atoms with Gasteiger partial charge in [0.15, 0.2) is 5.69 Å². The third-order valence-electron chi connectivity index (χ3n) is 2.29. The van der Waals surface area contributed by atoms with E-state index >= 15 is 0 Å². The van der Waals surface area contributed by atoms with Gasteiger partial charge in [0.1, 0.15) is 5.69 Å². The number of aromatic nitrogens is 6. The van der Waals surface area contributed by atoms with Crippen LogP contribution in [0.5, 0.6) is 0 Å². The predicted molar refractivity (Wildman–Crippen MR) is 51.6 cm³/mol. The molecular formula is C7H8N8O. The van der Waals surface area contributed by atoms with Gasteiger partial charge in [-0.2, -0.15) is 10.3 Å². The average Bonchev–Trinajstić information content (AvgIpc) is 2.97. The van der Waals surface area contributed by atoms with Gasteiger partial charge in [-0.05, 0) is 29.6 Å². The maximum atomic E-state index is 4.68. The van der Waals surface area contributed by atoms with Gasteiger partial charge in [-0.15, -0.1) is 5.10 Å². The molecule has 2 aromatic heterocycles. The van der Waals surface area contributed by atoms with Crippen LogP contribution in [0.4, 0.5) is 5.95 Å². The van der Waals surface area contributed by atoms with Crippen LogP contribution < -0.4 is 5.43 Å². The highest BCUT2D eigenvalue weighted by molar-refractivity contribution is 6.00. The van der Waals surface area contributed by atoms with Gasteiger partial charge >= 0.3 is 0 Å². The SMILES string of the molecule is C1C/C(=N\Nc2nn[nH]n2)c2nonc2C1. The monoisotopic (exact) mass is 220 g/mol. The van der Waals surface area contributed by atoms with Crippen molar-refractivity contribution in [3.8, 4) is 0 Å². The van der Waals surface area contributed by atoms with Crippen LogP contribution in [0.15, 0.2) is 9.73 Å². The highest BCUT2D eigenvalue weighted by Gasteiger charge is 2.21. The Morgan fingerprint density at radius 2 is 2.31 bits per heavy atom. The number of hydrogen-bond acceptors (Lipinski definition) is 8. The fourth-order valence-electron chi connectivity index (χ4n) is 1.57. The number of hydrogen-bond donors (Lipinski definition) is 2. The number of anilines is 1. The second-order valence-corrected chi connectivity index (χ2v) is 3.32. The van der Waals surface area contributed by atoms with Crippen LogP contribution in [0.25, 0.3) is 0 Å². The number of tetrazole rings is 1. The summed E-state index contributed by atoms with van der Waals surface area (Å²) in [6.45, 7) is 0. The Balaban J connectivity index is 1.84. The summed E-state index contributed by atoms with van der Waals surface area (Å²) in [7, 11) is 0. The van der Waals surface area contributed by atoms with Crippen LogP contribution in [0.2, 0.25) is 0 Å². The molecule has 1 aliphatic carbocycles. The summed E-state index contributed by atoms with van der Waals surface area (Å²) in [5, 5.41) is 25.0. The quantitative estimate of drug-likeness (QED) is 0.669. The van der Waals surface area contributed by atoms with Crippen LogP contribution in [-0.2, 0) is 6.42 Å². The van der Waals surface area contributed by atoms with Crippen molar-refractivity contribution in [1.29, 1.82) is 0 Å². The maximum absolute atomic E-state index is 4.68. The van der Waals surface area contributed by atoms with Crippen LogP contribution in [0, 0.1) is 0 Å². The Kier molecular flexibility index (Phi) is 2.06. The number of nitrogens with one attached hydrogen (secondary N) is 2. The third kappa shape index (κ3) is 1.51. The second kappa shape index (κ2) is 3.68. The molecule has 0 radical (unpaired) electrons. The van der Waals surface area contributed by atoms with Gasteiger partial charge in [0.25, 0.3) is 5.95 Å². The molecule has 9 nitrogen and oxygen atoms in total. The first-order chi connectivity index (χ1) is 7.93. The fourth-order valence-corrected chi connectivity index (χ4v) is 1.57. The van der Waals surface area contributed by atoms with Crippen LogP contribution >= 0.6 is 0 Å². The molecule has 9 heteroatoms. The fraction of sp³-hybridized carbons (Fsp3) is 0.429. The van der Waals surface area contributed by atoms with Crippen molar-refractivity contribution in [1.82, 2.24) is 30.9 Å². The lowest BCUT2D eigenvalue weighted by atomic mass is 9.99. The summed E-state index contributed by atoms with van der Waals surface area (Å²) >= 11 is 0. The number of nitrogens with zero attached hydrogens (tertiary/aromatic N) is 6. The van der Waals surface area contributed by atoms with Gasteiger partial charge in [-0.1, -0.05) is 10.3 Å². The number of H-pyrrole nitrogens is 1. The van der Waals surface area contributed by atoms with Crippen molar-refractivity contribution in [2.45, 2.75) is 19.3 Å². The van der Waals surface area contributed by atoms with Crippen LogP contribution in [0.3, 0.4) is 0 Å². The van der Waals surface area contributed by atoms with E-state index in [-0.39, 0.29) is 0 Å². The predicted octanol–water partition coefficient (Wildman–Crippen LogP) is -0.265. The van der Waals surface area contributed by atoms with Crippen LogP contribution in [-0.4, -0.2) is 36.6 Å². The standard InChI is InChI=1S/C7H8N8O/c1-2-4(6-5(3-1)12-16-13-6)8-9-7-10-14-15-11-7/h1-3H2,(H2,9,10,11,14,15)/b8-4+. The zero-order valence-corrected chi connectivity index (χ0v) is 8.21. The summed E-state index contributed by atoms with van der Waals surface area (Å²) in [6, 6.07) is 0. The van der Waals surface area contributed by atoms with Crippen LogP contribution in [0.1, 0.15) is 24.2 Å². The molecule has 2 heterocycles. The van der Waals surface area contributed by atoms with E-state index in [2.05, 4.69) is 46.1 Å². The molecule has 0 spiro atoms. The molecule has 0 atom stereocenters. The topological polar surface area (TPSA) is 118 Å². The highest BCUT2D eigenvalue weighted by Crippen LogP contribution is 2.18. The first-order valence-electron chi connectivity index (χ1n) is 4.81. The molecule has 1 aliphatic rings. The van der Waals surface area contributed by atoms with Gasteiger partial charge in [-0.3, -0.25) is 0 Å². The van der Waals surface area contributed by atoms with Gasteiger partial charge < -0.3 is 0 Å². The Hall–Kier alpha value is -2.32. The van der Waals surface area contributed by atoms with Crippen molar-refractivity contribution in [3.05, 3.63) is 11.4 Å². The molecule has 0 aromatic carbocycles. The van der Waals surface area contributed by atoms with Gasteiger partial charge in [0.2, 0.25) is 0 Å². The van der Waals surface area contributed by atoms with E-state index in [0.29, 0.717) is 11.6 Å². The molecule has 0 saturated heterocycles.